The molecule has 0 bridgehead atoms. The molecule has 0 spiro atoms. The van der Waals surface area contributed by atoms with E-state index in [1.165, 1.54) is 12.3 Å². The van der Waals surface area contributed by atoms with Gasteiger partial charge in [0.25, 0.3) is 0 Å². The topological polar surface area (TPSA) is 35.5 Å². The third kappa shape index (κ3) is 4.34. The molecule has 3 aromatic carbocycles. The quantitative estimate of drug-likeness (QED) is 0.292. The molecule has 0 unspecified atom stereocenters. The van der Waals surface area contributed by atoms with Crippen LogP contribution in [-0.2, 0) is 4.79 Å². The van der Waals surface area contributed by atoms with Crippen LogP contribution < -0.4 is 9.47 Å². The molecule has 3 aromatic rings. The second-order valence-electron chi connectivity index (χ2n) is 5.05. The molecule has 3 rings (SSSR count). The summed E-state index contributed by atoms with van der Waals surface area (Å²) in [7, 11) is 0. The molecule has 0 aliphatic rings. The second-order valence-corrected chi connectivity index (χ2v) is 5.05. The van der Waals surface area contributed by atoms with Crippen molar-refractivity contribution in [3.63, 3.8) is 0 Å². The van der Waals surface area contributed by atoms with Crippen LogP contribution in [0.15, 0.2) is 97.3 Å². The molecule has 24 heavy (non-hydrogen) atoms. The SMILES string of the molecule is O=C(/C=C/Oc1ccccc1)Oc1ccc(-c2ccccc2)cc1. The van der Waals surface area contributed by atoms with E-state index in [-0.39, 0.29) is 0 Å². The minimum Gasteiger partial charge on any atom is -0.465 e. The summed E-state index contributed by atoms with van der Waals surface area (Å²) in [6.45, 7) is 0. The molecule has 0 atom stereocenters. The number of para-hydroxylation sites is 1. The van der Waals surface area contributed by atoms with E-state index >= 15 is 0 Å². The van der Waals surface area contributed by atoms with Gasteiger partial charge in [0.05, 0.1) is 12.3 Å². The maximum absolute atomic E-state index is 11.8. The summed E-state index contributed by atoms with van der Waals surface area (Å²) in [6.07, 6.45) is 2.56. The van der Waals surface area contributed by atoms with Gasteiger partial charge in [-0.15, -0.1) is 0 Å². The zero-order chi connectivity index (χ0) is 16.6. The monoisotopic (exact) mass is 316 g/mol. The van der Waals surface area contributed by atoms with Crippen molar-refractivity contribution in [1.82, 2.24) is 0 Å². The Morgan fingerprint density at radius 2 is 1.25 bits per heavy atom. The Labute approximate surface area is 140 Å². The van der Waals surface area contributed by atoms with Crippen molar-refractivity contribution in [2.75, 3.05) is 0 Å². The number of benzene rings is 3. The lowest BCUT2D eigenvalue weighted by Gasteiger charge is -2.04. The highest BCUT2D eigenvalue weighted by atomic mass is 16.5. The van der Waals surface area contributed by atoms with Gasteiger partial charge in [-0.3, -0.25) is 0 Å². The molecule has 0 radical (unpaired) electrons. The van der Waals surface area contributed by atoms with Crippen LogP contribution in [-0.4, -0.2) is 5.97 Å². The van der Waals surface area contributed by atoms with E-state index in [1.807, 2.05) is 60.7 Å². The van der Waals surface area contributed by atoms with E-state index in [4.69, 9.17) is 9.47 Å². The van der Waals surface area contributed by atoms with Crippen molar-refractivity contribution in [2.45, 2.75) is 0 Å². The number of carbonyl (C=O) groups is 1. The highest BCUT2D eigenvalue weighted by Crippen LogP contribution is 2.22. The van der Waals surface area contributed by atoms with Crippen molar-refractivity contribution < 1.29 is 14.3 Å². The van der Waals surface area contributed by atoms with Gasteiger partial charge in [-0.1, -0.05) is 60.7 Å². The first kappa shape index (κ1) is 15.6. The predicted molar refractivity (Wildman–Crippen MR) is 93.7 cm³/mol. The maximum atomic E-state index is 11.8. The van der Waals surface area contributed by atoms with Gasteiger partial charge >= 0.3 is 5.97 Å². The van der Waals surface area contributed by atoms with E-state index in [1.54, 1.807) is 24.3 Å². The molecule has 0 saturated heterocycles. The van der Waals surface area contributed by atoms with Crippen molar-refractivity contribution in [3.05, 3.63) is 97.3 Å². The number of esters is 1. The van der Waals surface area contributed by atoms with Crippen molar-refractivity contribution in [3.8, 4) is 22.6 Å². The van der Waals surface area contributed by atoms with Gasteiger partial charge < -0.3 is 9.47 Å². The summed E-state index contributed by atoms with van der Waals surface area (Å²) < 4.78 is 10.5. The molecule has 118 valence electrons. The third-order valence-electron chi connectivity index (χ3n) is 3.33. The molecular formula is C21H16O3. The van der Waals surface area contributed by atoms with Crippen molar-refractivity contribution in [2.24, 2.45) is 0 Å². The summed E-state index contributed by atoms with van der Waals surface area (Å²) in [6, 6.07) is 26.6. The highest BCUT2D eigenvalue weighted by Gasteiger charge is 2.02. The molecule has 3 nitrogen and oxygen atoms in total. The zero-order valence-corrected chi connectivity index (χ0v) is 13.0. The molecule has 0 aliphatic carbocycles. The van der Waals surface area contributed by atoms with E-state index < -0.39 is 5.97 Å². The smallest absolute Gasteiger partial charge is 0.339 e. The van der Waals surface area contributed by atoms with Crippen LogP contribution in [0.5, 0.6) is 11.5 Å². The lowest BCUT2D eigenvalue weighted by Crippen LogP contribution is -2.04. The van der Waals surface area contributed by atoms with Gasteiger partial charge in [-0.25, -0.2) is 4.79 Å². The highest BCUT2D eigenvalue weighted by molar-refractivity contribution is 5.84. The Morgan fingerprint density at radius 1 is 0.667 bits per heavy atom. The van der Waals surface area contributed by atoms with Crippen LogP contribution in [0.25, 0.3) is 11.1 Å². The fraction of sp³-hybridized carbons (Fsp3) is 0. The number of hydrogen-bond acceptors (Lipinski definition) is 3. The van der Waals surface area contributed by atoms with Crippen molar-refractivity contribution in [1.29, 1.82) is 0 Å². The Bertz CT molecular complexity index is 807. The fourth-order valence-electron chi connectivity index (χ4n) is 2.16. The molecule has 0 fully saturated rings. The maximum Gasteiger partial charge on any atom is 0.339 e. The molecule has 0 N–H and O–H groups in total. The number of carbonyl (C=O) groups excluding carboxylic acids is 1. The second kappa shape index (κ2) is 7.79. The summed E-state index contributed by atoms with van der Waals surface area (Å²) >= 11 is 0. The average Bonchev–Trinajstić information content (AvgIpc) is 2.64. The first-order valence-electron chi connectivity index (χ1n) is 7.57. The van der Waals surface area contributed by atoms with Gasteiger partial charge in [-0.2, -0.15) is 0 Å². The first-order valence-corrected chi connectivity index (χ1v) is 7.57. The van der Waals surface area contributed by atoms with E-state index in [9.17, 15) is 4.79 Å². The molecule has 0 amide bonds. The van der Waals surface area contributed by atoms with Gasteiger partial charge in [0, 0.05) is 0 Å². The Balaban J connectivity index is 1.57. The molecule has 0 saturated carbocycles. The minimum absolute atomic E-state index is 0.488. The van der Waals surface area contributed by atoms with E-state index in [0.29, 0.717) is 11.5 Å². The van der Waals surface area contributed by atoms with E-state index in [0.717, 1.165) is 11.1 Å². The fourth-order valence-corrected chi connectivity index (χ4v) is 2.16. The lowest BCUT2D eigenvalue weighted by molar-refractivity contribution is -0.129. The first-order chi connectivity index (χ1) is 11.8. The van der Waals surface area contributed by atoms with Crippen LogP contribution >= 0.6 is 0 Å². The molecule has 0 heterocycles. The molecule has 0 aliphatic heterocycles. The Morgan fingerprint density at radius 3 is 1.92 bits per heavy atom. The van der Waals surface area contributed by atoms with Crippen LogP contribution in [0.3, 0.4) is 0 Å². The molecule has 0 aromatic heterocycles. The summed E-state index contributed by atoms with van der Waals surface area (Å²) in [5, 5.41) is 0. The normalized spacial score (nSPS) is 10.5. The largest absolute Gasteiger partial charge is 0.465 e. The van der Waals surface area contributed by atoms with Crippen LogP contribution in [0, 0.1) is 0 Å². The number of hydrogen-bond donors (Lipinski definition) is 0. The Hall–Kier alpha value is -3.33. The third-order valence-corrected chi connectivity index (χ3v) is 3.33. The molecule has 3 heteroatoms. The zero-order valence-electron chi connectivity index (χ0n) is 13.0. The van der Waals surface area contributed by atoms with Crippen LogP contribution in [0.2, 0.25) is 0 Å². The summed E-state index contributed by atoms with van der Waals surface area (Å²) in [5.41, 5.74) is 2.19. The summed E-state index contributed by atoms with van der Waals surface area (Å²) in [4.78, 5) is 11.8. The van der Waals surface area contributed by atoms with Crippen LogP contribution in [0.1, 0.15) is 0 Å². The van der Waals surface area contributed by atoms with Crippen LogP contribution in [0.4, 0.5) is 0 Å². The average molecular weight is 316 g/mol. The Kier molecular flexibility index (Phi) is 5.05. The standard InChI is InChI=1S/C21H16O3/c22-21(15-16-23-19-9-5-2-6-10-19)24-20-13-11-18(12-14-20)17-7-3-1-4-8-17/h1-16H/b16-15+. The van der Waals surface area contributed by atoms with Crippen molar-refractivity contribution >= 4 is 5.97 Å². The number of rotatable bonds is 5. The van der Waals surface area contributed by atoms with Gasteiger partial charge in [0.2, 0.25) is 0 Å². The van der Waals surface area contributed by atoms with Gasteiger partial charge in [0.15, 0.2) is 0 Å². The minimum atomic E-state index is -0.488. The lowest BCUT2D eigenvalue weighted by atomic mass is 10.1. The van der Waals surface area contributed by atoms with E-state index in [2.05, 4.69) is 0 Å². The van der Waals surface area contributed by atoms with Gasteiger partial charge in [0.1, 0.15) is 11.5 Å². The summed E-state index contributed by atoms with van der Waals surface area (Å²) in [5.74, 6) is 0.663. The number of ether oxygens (including phenoxy) is 2. The van der Waals surface area contributed by atoms with Gasteiger partial charge in [-0.05, 0) is 35.4 Å². The predicted octanol–water partition coefficient (Wildman–Crippen LogP) is 4.85. The molecular weight excluding hydrogens is 300 g/mol.